The van der Waals surface area contributed by atoms with Crippen molar-refractivity contribution in [3.8, 4) is 0 Å². The Morgan fingerprint density at radius 1 is 1.79 bits per heavy atom. The van der Waals surface area contributed by atoms with Crippen LogP contribution in [0.4, 0.5) is 0 Å². The zero-order chi connectivity index (χ0) is 10.6. The number of carbonyl (C=O) groups is 1. The lowest BCUT2D eigenvalue weighted by molar-refractivity contribution is -0.129. The van der Waals surface area contributed by atoms with Crippen LogP contribution < -0.4 is 5.17 Å². The van der Waals surface area contributed by atoms with Crippen molar-refractivity contribution in [2.24, 2.45) is 0 Å². The molecule has 0 spiro atoms. The van der Waals surface area contributed by atoms with Gasteiger partial charge in [-0.3, -0.25) is 9.63 Å². The topological polar surface area (TPSA) is 60.2 Å². The maximum Gasteiger partial charge on any atom is 0.270 e. The van der Waals surface area contributed by atoms with Crippen molar-refractivity contribution in [1.82, 2.24) is 15.1 Å². The average Bonchev–Trinajstić information content (AvgIpc) is 2.67. The molecule has 6 nitrogen and oxygen atoms in total. The first kappa shape index (κ1) is 10.9. The zero-order valence-electron chi connectivity index (χ0n) is 7.97. The van der Waals surface area contributed by atoms with E-state index < -0.39 is 0 Å². The van der Waals surface area contributed by atoms with Gasteiger partial charge in [0.2, 0.25) is 0 Å². The highest BCUT2D eigenvalue weighted by Gasteiger charge is 2.15. The van der Waals surface area contributed by atoms with Gasteiger partial charge < -0.3 is 0 Å². The Morgan fingerprint density at radius 3 is 2.93 bits per heavy atom. The lowest BCUT2D eigenvalue weighted by Gasteiger charge is -2.15. The van der Waals surface area contributed by atoms with Gasteiger partial charge in [-0.1, -0.05) is 17.0 Å². The molecule has 0 fully saturated rings. The van der Waals surface area contributed by atoms with E-state index in [9.17, 15) is 4.79 Å². The third kappa shape index (κ3) is 2.21. The molecule has 0 saturated carbocycles. The van der Waals surface area contributed by atoms with E-state index in [4.69, 9.17) is 16.4 Å². The third-order valence-electron chi connectivity index (χ3n) is 1.52. The Bertz CT molecular complexity index is 314. The van der Waals surface area contributed by atoms with Crippen LogP contribution in [0.15, 0.2) is 6.20 Å². The molecule has 1 heterocycles. The predicted octanol–water partition coefficient (Wildman–Crippen LogP) is 0.453. The summed E-state index contributed by atoms with van der Waals surface area (Å²) >= 11 is 5.54. The molecule has 0 unspecified atom stereocenters. The molecule has 0 aliphatic rings. The number of carbonyl (C=O) groups excluding carboxylic acids is 1. The van der Waals surface area contributed by atoms with Crippen LogP contribution in [0.25, 0.3) is 0 Å². The van der Waals surface area contributed by atoms with Crippen LogP contribution >= 0.6 is 11.6 Å². The van der Waals surface area contributed by atoms with E-state index >= 15 is 0 Å². The molecular formula is C7H11ClN4O2. The van der Waals surface area contributed by atoms with Gasteiger partial charge in [-0.25, -0.2) is 0 Å². The number of hydrogen-bond acceptors (Lipinski definition) is 4. The van der Waals surface area contributed by atoms with Gasteiger partial charge in [0.25, 0.3) is 5.91 Å². The number of amides is 1. The van der Waals surface area contributed by atoms with Crippen molar-refractivity contribution < 1.29 is 9.63 Å². The fourth-order valence-corrected chi connectivity index (χ4v) is 0.966. The van der Waals surface area contributed by atoms with Gasteiger partial charge in [0, 0.05) is 6.42 Å². The van der Waals surface area contributed by atoms with E-state index in [1.165, 1.54) is 13.3 Å². The molecule has 1 aromatic heterocycles. The number of nitrogens with zero attached hydrogens (tertiary/aromatic N) is 4. The van der Waals surface area contributed by atoms with Crippen LogP contribution in [0.2, 0.25) is 0 Å². The minimum atomic E-state index is -0.232. The molecule has 0 saturated heterocycles. The van der Waals surface area contributed by atoms with Crippen molar-refractivity contribution in [3.63, 3.8) is 0 Å². The Hall–Kier alpha value is -1.14. The molecule has 0 N–H and O–H groups in total. The van der Waals surface area contributed by atoms with Crippen LogP contribution in [0, 0.1) is 0 Å². The van der Waals surface area contributed by atoms with Gasteiger partial charge >= 0.3 is 0 Å². The molecule has 0 aliphatic carbocycles. The van der Waals surface area contributed by atoms with Crippen molar-refractivity contribution in [3.05, 3.63) is 11.9 Å². The standard InChI is InChI=1S/C7H11ClN4O2/c1-3-7(13)11(14-2)12-9-5-6(4-8)10-12/h5H,3-4H2,1-2H3. The van der Waals surface area contributed by atoms with Gasteiger partial charge in [0.1, 0.15) is 0 Å². The van der Waals surface area contributed by atoms with E-state index in [1.807, 2.05) is 0 Å². The molecule has 7 heteroatoms. The summed E-state index contributed by atoms with van der Waals surface area (Å²) in [5, 5.41) is 8.72. The SMILES string of the molecule is CCC(=O)N(OC)n1ncc(CCl)n1. The smallest absolute Gasteiger partial charge is 0.270 e. The first-order chi connectivity index (χ1) is 6.72. The van der Waals surface area contributed by atoms with Gasteiger partial charge in [0.05, 0.1) is 24.9 Å². The van der Waals surface area contributed by atoms with Crippen LogP contribution in [-0.4, -0.2) is 28.1 Å². The number of hydroxylamine groups is 1. The molecule has 0 atom stereocenters. The number of halogens is 1. The molecule has 0 aliphatic heterocycles. The molecular weight excluding hydrogens is 208 g/mol. The first-order valence-corrected chi connectivity index (χ1v) is 4.61. The van der Waals surface area contributed by atoms with Crippen LogP contribution in [0.5, 0.6) is 0 Å². The molecule has 1 amide bonds. The Labute approximate surface area is 86.3 Å². The number of alkyl halides is 1. The molecule has 0 radical (unpaired) electrons. The lowest BCUT2D eigenvalue weighted by Crippen LogP contribution is -2.40. The second kappa shape index (κ2) is 4.92. The Kier molecular flexibility index (Phi) is 3.84. The normalized spacial score (nSPS) is 10.2. The Morgan fingerprint density at radius 2 is 2.50 bits per heavy atom. The quantitative estimate of drug-likeness (QED) is 0.544. The van der Waals surface area contributed by atoms with Crippen molar-refractivity contribution in [2.75, 3.05) is 12.3 Å². The second-order valence-electron chi connectivity index (χ2n) is 2.44. The number of rotatable bonds is 4. The fourth-order valence-electron chi connectivity index (χ4n) is 0.843. The summed E-state index contributed by atoms with van der Waals surface area (Å²) in [4.78, 5) is 17.2. The molecule has 78 valence electrons. The maximum absolute atomic E-state index is 11.3. The summed E-state index contributed by atoms with van der Waals surface area (Å²) in [6, 6.07) is 0. The number of aromatic nitrogens is 3. The van der Waals surface area contributed by atoms with Crippen molar-refractivity contribution in [1.29, 1.82) is 0 Å². The summed E-state index contributed by atoms with van der Waals surface area (Å²) in [5.74, 6) is 0.0157. The number of hydrogen-bond donors (Lipinski definition) is 0. The highest BCUT2D eigenvalue weighted by molar-refractivity contribution is 6.16. The summed E-state index contributed by atoms with van der Waals surface area (Å²) in [6.45, 7) is 1.72. The van der Waals surface area contributed by atoms with Crippen LogP contribution in [0.3, 0.4) is 0 Å². The summed E-state index contributed by atoms with van der Waals surface area (Å²) in [7, 11) is 1.37. The molecule has 0 aromatic carbocycles. The highest BCUT2D eigenvalue weighted by Crippen LogP contribution is 1.98. The van der Waals surface area contributed by atoms with Crippen molar-refractivity contribution >= 4 is 17.5 Å². The summed E-state index contributed by atoms with van der Waals surface area (Å²) in [6.07, 6.45) is 1.79. The van der Waals surface area contributed by atoms with Gasteiger partial charge in [-0.15, -0.1) is 21.8 Å². The molecule has 1 rings (SSSR count). The Balaban J connectivity index is 2.83. The third-order valence-corrected chi connectivity index (χ3v) is 1.79. The molecule has 0 bridgehead atoms. The van der Waals surface area contributed by atoms with Gasteiger partial charge in [-0.05, 0) is 0 Å². The van der Waals surface area contributed by atoms with E-state index in [0.717, 1.165) is 10.1 Å². The monoisotopic (exact) mass is 218 g/mol. The largest absolute Gasteiger partial charge is 0.270 e. The summed E-state index contributed by atoms with van der Waals surface area (Å²) in [5.41, 5.74) is 0.581. The second-order valence-corrected chi connectivity index (χ2v) is 2.71. The predicted molar refractivity (Wildman–Crippen MR) is 50.1 cm³/mol. The lowest BCUT2D eigenvalue weighted by atomic mass is 10.5. The van der Waals surface area contributed by atoms with Gasteiger partial charge in [-0.2, -0.15) is 0 Å². The minimum Gasteiger partial charge on any atom is -0.270 e. The van der Waals surface area contributed by atoms with Crippen LogP contribution in [0.1, 0.15) is 19.0 Å². The fraction of sp³-hybridized carbons (Fsp3) is 0.571. The van der Waals surface area contributed by atoms with E-state index in [0.29, 0.717) is 12.1 Å². The first-order valence-electron chi connectivity index (χ1n) is 4.07. The minimum absolute atomic E-state index is 0.232. The maximum atomic E-state index is 11.3. The molecule has 1 aromatic rings. The van der Waals surface area contributed by atoms with Gasteiger partial charge in [0.15, 0.2) is 0 Å². The van der Waals surface area contributed by atoms with E-state index in [2.05, 4.69) is 10.2 Å². The van der Waals surface area contributed by atoms with Crippen molar-refractivity contribution in [2.45, 2.75) is 19.2 Å². The van der Waals surface area contributed by atoms with E-state index in [1.54, 1.807) is 6.92 Å². The summed E-state index contributed by atoms with van der Waals surface area (Å²) < 4.78 is 0. The average molecular weight is 219 g/mol. The van der Waals surface area contributed by atoms with Crippen LogP contribution in [-0.2, 0) is 15.5 Å². The zero-order valence-corrected chi connectivity index (χ0v) is 8.73. The highest BCUT2D eigenvalue weighted by atomic mass is 35.5. The molecule has 14 heavy (non-hydrogen) atoms. The van der Waals surface area contributed by atoms with E-state index in [-0.39, 0.29) is 11.8 Å².